The number of nitrogens with zero attached hydrogens (tertiary/aromatic N) is 3. The number of carboxylic acid groups (broad SMARTS) is 1. The normalized spacial score (nSPS) is 15.8. The van der Waals surface area contributed by atoms with E-state index in [-0.39, 0.29) is 6.42 Å². The first-order valence-corrected chi connectivity index (χ1v) is 13.2. The number of benzene rings is 3. The molecule has 0 spiro atoms. The number of hydrogen-bond donors (Lipinski definition) is 1. The minimum absolute atomic E-state index is 0.252. The summed E-state index contributed by atoms with van der Waals surface area (Å²) in [5.41, 5.74) is 2.78. The first-order valence-electron chi connectivity index (χ1n) is 11.8. The molecule has 0 aliphatic carbocycles. The molecule has 2 atom stereocenters. The van der Waals surface area contributed by atoms with Crippen LogP contribution in [0.1, 0.15) is 24.5 Å². The predicted molar refractivity (Wildman–Crippen MR) is 144 cm³/mol. The van der Waals surface area contributed by atoms with Gasteiger partial charge in [0.25, 0.3) is 0 Å². The van der Waals surface area contributed by atoms with E-state index in [0.717, 1.165) is 32.0 Å². The molecule has 0 amide bonds. The molecule has 194 valence electrons. The van der Waals surface area contributed by atoms with Crippen LogP contribution in [0.4, 0.5) is 5.69 Å². The maximum absolute atomic E-state index is 11.7. The van der Waals surface area contributed by atoms with E-state index in [1.807, 2.05) is 54.6 Å². The fourth-order valence-electron chi connectivity index (χ4n) is 4.41. The molecule has 37 heavy (non-hydrogen) atoms. The van der Waals surface area contributed by atoms with Crippen LogP contribution in [0.15, 0.2) is 54.6 Å². The number of ether oxygens (including phenoxy) is 1. The molecule has 1 saturated heterocycles. The number of carbonyl (C=O) groups is 1. The first kappa shape index (κ1) is 26.9. The Kier molecular flexibility index (Phi) is 8.69. The molecule has 0 radical (unpaired) electrons. The third-order valence-corrected chi connectivity index (χ3v) is 7.54. The Labute approximate surface area is 223 Å². The van der Waals surface area contributed by atoms with Crippen LogP contribution in [0.2, 0.25) is 5.02 Å². The molecule has 3 aromatic rings. The maximum Gasteiger partial charge on any atom is 0.305 e. The Bertz CT molecular complexity index is 1360. The highest BCUT2D eigenvalue weighted by Gasteiger charge is 2.28. The van der Waals surface area contributed by atoms with Crippen molar-refractivity contribution >= 4 is 45.3 Å². The minimum Gasteiger partial charge on any atom is -0.759 e. The van der Waals surface area contributed by atoms with Gasteiger partial charge in [-0.1, -0.05) is 35.6 Å². The number of fused-ring (bicyclic) bond motifs is 1. The van der Waals surface area contributed by atoms with Crippen LogP contribution in [0.25, 0.3) is 10.8 Å². The summed E-state index contributed by atoms with van der Waals surface area (Å²) in [6, 6.07) is 17.0. The quantitative estimate of drug-likeness (QED) is 0.358. The second kappa shape index (κ2) is 11.9. The number of hydrogen-bond acceptors (Lipinski definition) is 6. The molecule has 1 aliphatic rings. The summed E-state index contributed by atoms with van der Waals surface area (Å²) in [5.74, 6) is 6.01. The number of piperazine rings is 1. The van der Waals surface area contributed by atoms with Gasteiger partial charge in [0, 0.05) is 65.7 Å². The smallest absolute Gasteiger partial charge is 0.305 e. The minimum atomic E-state index is -2.54. The predicted octanol–water partition coefficient (Wildman–Crippen LogP) is 3.90. The first-order chi connectivity index (χ1) is 17.8. The van der Waals surface area contributed by atoms with Crippen molar-refractivity contribution < 1.29 is 23.4 Å². The molecular weight excluding hydrogens is 514 g/mol. The van der Waals surface area contributed by atoms with Gasteiger partial charge >= 0.3 is 5.97 Å². The van der Waals surface area contributed by atoms with E-state index in [1.54, 1.807) is 19.0 Å². The topological polar surface area (TPSA) is 96.4 Å². The van der Waals surface area contributed by atoms with Crippen molar-refractivity contribution in [2.75, 3.05) is 38.2 Å². The monoisotopic (exact) mass is 540 g/mol. The lowest BCUT2D eigenvalue weighted by Gasteiger charge is -2.44. The number of hydrazine groups is 1. The zero-order chi connectivity index (χ0) is 26.5. The van der Waals surface area contributed by atoms with Crippen molar-refractivity contribution in [1.29, 1.82) is 0 Å². The number of aliphatic carboxylic acids is 1. The van der Waals surface area contributed by atoms with Gasteiger partial charge in [0.2, 0.25) is 0 Å². The summed E-state index contributed by atoms with van der Waals surface area (Å²) < 4.78 is 29.9. The van der Waals surface area contributed by atoms with Crippen LogP contribution in [0.3, 0.4) is 0 Å². The van der Waals surface area contributed by atoms with E-state index in [1.165, 1.54) is 0 Å². The number of anilines is 1. The van der Waals surface area contributed by atoms with Gasteiger partial charge in [-0.25, -0.2) is 5.01 Å². The Balaban J connectivity index is 1.40. The van der Waals surface area contributed by atoms with Crippen molar-refractivity contribution in [3.63, 3.8) is 0 Å². The van der Waals surface area contributed by atoms with E-state index in [2.05, 4.69) is 16.7 Å². The Morgan fingerprint density at radius 3 is 2.38 bits per heavy atom. The number of rotatable bonds is 7. The lowest BCUT2D eigenvalue weighted by Crippen LogP contribution is -2.57. The fourth-order valence-corrected chi connectivity index (χ4v) is 5.44. The molecule has 1 heterocycles. The lowest BCUT2D eigenvalue weighted by atomic mass is 10.1. The van der Waals surface area contributed by atoms with E-state index < -0.39 is 23.3 Å². The Hall–Kier alpha value is -3.13. The molecule has 1 fully saturated rings. The van der Waals surface area contributed by atoms with Crippen LogP contribution >= 0.6 is 11.6 Å². The zero-order valence-electron chi connectivity index (χ0n) is 20.5. The molecule has 0 aromatic heterocycles. The Morgan fingerprint density at radius 2 is 1.76 bits per heavy atom. The molecule has 10 heteroatoms. The number of carboxylic acids is 1. The summed E-state index contributed by atoms with van der Waals surface area (Å²) in [7, 11) is 1.59. The summed E-state index contributed by atoms with van der Waals surface area (Å²) in [5, 5.41) is 13.2. The third-order valence-electron chi connectivity index (χ3n) is 6.26. The fraction of sp³-hybridized carbons (Fsp3) is 0.296. The van der Waals surface area contributed by atoms with E-state index in [4.69, 9.17) is 21.4 Å². The SMILES string of the molecule is COc1ccc2cc(C#Cc3ccc(N4CCN(N(C(C)CC(=O)O)S(=O)[O-])CC4)cc3)ccc2c1Cl. The van der Waals surface area contributed by atoms with E-state index in [0.29, 0.717) is 37.0 Å². The van der Waals surface area contributed by atoms with Gasteiger partial charge in [-0.2, -0.15) is 4.41 Å². The number of halogens is 1. The standard InChI is InChI=1S/C27H28ClN3O5S/c1-19(17-26(32)33)31(37(34)35)30-15-13-29(14-16-30)23-9-5-20(6-10-23)3-4-21-7-11-24-22(18-21)8-12-25(36-2)27(24)28/h5-12,18-19H,13-17H2,1-2H3,(H,32,33)(H,34,35)/p-1. The molecular formula is C27H27ClN3O5S-. The molecule has 2 unspecified atom stereocenters. The average Bonchev–Trinajstić information content (AvgIpc) is 2.88. The van der Waals surface area contributed by atoms with Gasteiger partial charge in [0.05, 0.1) is 18.6 Å². The third kappa shape index (κ3) is 6.42. The van der Waals surface area contributed by atoms with Crippen LogP contribution in [0.5, 0.6) is 5.75 Å². The van der Waals surface area contributed by atoms with Crippen LogP contribution in [-0.2, 0) is 16.1 Å². The summed E-state index contributed by atoms with van der Waals surface area (Å²) in [4.78, 5) is 13.2. The summed E-state index contributed by atoms with van der Waals surface area (Å²) >= 11 is 3.86. The van der Waals surface area contributed by atoms with Crippen molar-refractivity contribution in [1.82, 2.24) is 9.42 Å². The van der Waals surface area contributed by atoms with Crippen LogP contribution in [0, 0.1) is 11.8 Å². The van der Waals surface area contributed by atoms with Gasteiger partial charge in [-0.05, 0) is 54.8 Å². The highest BCUT2D eigenvalue weighted by Crippen LogP contribution is 2.33. The largest absolute Gasteiger partial charge is 0.759 e. The molecule has 0 saturated carbocycles. The van der Waals surface area contributed by atoms with Crippen molar-refractivity contribution in [2.24, 2.45) is 0 Å². The van der Waals surface area contributed by atoms with Gasteiger partial charge in [0.1, 0.15) is 5.75 Å². The van der Waals surface area contributed by atoms with Gasteiger partial charge in [-0.15, -0.1) is 0 Å². The highest BCUT2D eigenvalue weighted by atomic mass is 35.5. The molecule has 4 rings (SSSR count). The van der Waals surface area contributed by atoms with Gasteiger partial charge < -0.3 is 19.3 Å². The molecule has 8 nitrogen and oxygen atoms in total. The molecule has 1 N–H and O–H groups in total. The summed E-state index contributed by atoms with van der Waals surface area (Å²) in [6.45, 7) is 3.76. The summed E-state index contributed by atoms with van der Waals surface area (Å²) in [6.07, 6.45) is -0.252. The van der Waals surface area contributed by atoms with Gasteiger partial charge in [0.15, 0.2) is 0 Å². The zero-order valence-corrected chi connectivity index (χ0v) is 22.1. The van der Waals surface area contributed by atoms with E-state index in [9.17, 15) is 13.6 Å². The number of methoxy groups -OCH3 is 1. The Morgan fingerprint density at radius 1 is 1.11 bits per heavy atom. The van der Waals surface area contributed by atoms with Gasteiger partial charge in [-0.3, -0.25) is 9.00 Å². The second-order valence-electron chi connectivity index (χ2n) is 8.72. The van der Waals surface area contributed by atoms with Crippen LogP contribution < -0.4 is 9.64 Å². The second-order valence-corrected chi connectivity index (χ2v) is 9.91. The maximum atomic E-state index is 11.7. The van der Waals surface area contributed by atoms with E-state index >= 15 is 0 Å². The van der Waals surface area contributed by atoms with Crippen molar-refractivity contribution in [3.05, 3.63) is 70.7 Å². The van der Waals surface area contributed by atoms with Crippen molar-refractivity contribution in [3.8, 4) is 17.6 Å². The average molecular weight is 541 g/mol. The van der Waals surface area contributed by atoms with Crippen LogP contribution in [-0.4, -0.2) is 68.6 Å². The molecule has 0 bridgehead atoms. The molecule has 3 aromatic carbocycles. The molecule has 1 aliphatic heterocycles. The van der Waals surface area contributed by atoms with Crippen molar-refractivity contribution in [2.45, 2.75) is 19.4 Å². The lowest BCUT2D eigenvalue weighted by molar-refractivity contribution is -0.139. The highest BCUT2D eigenvalue weighted by molar-refractivity contribution is 7.76.